The van der Waals surface area contributed by atoms with Crippen molar-refractivity contribution in [1.29, 1.82) is 0 Å². The SMILES string of the molecule is COc1cccc(C2CC(c3ccc(NS(C)(=O)=O)cc3)=NN2C(=O)C(C)(C)C)c1. The molecule has 2 aromatic rings. The summed E-state index contributed by atoms with van der Waals surface area (Å²) in [6.07, 6.45) is 1.66. The fourth-order valence-corrected chi connectivity index (χ4v) is 3.83. The number of ether oxygens (including phenoxy) is 1. The van der Waals surface area contributed by atoms with Crippen LogP contribution in [-0.2, 0) is 14.8 Å². The van der Waals surface area contributed by atoms with Crippen molar-refractivity contribution in [3.63, 3.8) is 0 Å². The first-order valence-corrected chi connectivity index (χ1v) is 11.5. The van der Waals surface area contributed by atoms with Crippen molar-refractivity contribution in [1.82, 2.24) is 5.01 Å². The third kappa shape index (κ3) is 4.99. The minimum absolute atomic E-state index is 0.0688. The Bertz CT molecular complexity index is 1070. The molecule has 1 aliphatic rings. The van der Waals surface area contributed by atoms with E-state index in [1.165, 1.54) is 0 Å². The highest BCUT2D eigenvalue weighted by molar-refractivity contribution is 7.92. The number of methoxy groups -OCH3 is 1. The summed E-state index contributed by atoms with van der Waals surface area (Å²) in [6.45, 7) is 5.62. The molecule has 0 saturated carbocycles. The summed E-state index contributed by atoms with van der Waals surface area (Å²) in [6, 6.07) is 14.4. The first-order chi connectivity index (χ1) is 14.0. The average Bonchev–Trinajstić information content (AvgIpc) is 3.11. The normalized spacial score (nSPS) is 16.9. The van der Waals surface area contributed by atoms with Gasteiger partial charge in [-0.1, -0.05) is 45.0 Å². The van der Waals surface area contributed by atoms with Crippen LogP contribution < -0.4 is 9.46 Å². The van der Waals surface area contributed by atoms with Gasteiger partial charge in [0.1, 0.15) is 5.75 Å². The minimum Gasteiger partial charge on any atom is -0.497 e. The number of hydrogen-bond acceptors (Lipinski definition) is 5. The second-order valence-electron chi connectivity index (χ2n) is 8.39. The van der Waals surface area contributed by atoms with E-state index < -0.39 is 15.4 Å². The molecule has 7 nitrogen and oxygen atoms in total. The Hall–Kier alpha value is -2.87. The number of hydrogen-bond donors (Lipinski definition) is 1. The Balaban J connectivity index is 1.95. The van der Waals surface area contributed by atoms with E-state index in [1.54, 1.807) is 36.4 Å². The van der Waals surface area contributed by atoms with Crippen molar-refractivity contribution in [3.8, 4) is 5.75 Å². The lowest BCUT2D eigenvalue weighted by molar-refractivity contribution is -0.141. The molecule has 160 valence electrons. The lowest BCUT2D eigenvalue weighted by atomic mass is 9.93. The second kappa shape index (κ2) is 8.10. The molecule has 1 unspecified atom stereocenters. The summed E-state index contributed by atoms with van der Waals surface area (Å²) in [5.74, 6) is 0.654. The van der Waals surface area contributed by atoms with Gasteiger partial charge in [-0.25, -0.2) is 13.4 Å². The number of rotatable bonds is 5. The number of nitrogens with one attached hydrogen (secondary N) is 1. The Kier molecular flexibility index (Phi) is 5.90. The second-order valence-corrected chi connectivity index (χ2v) is 10.1. The molecular weight excluding hydrogens is 402 g/mol. The fourth-order valence-electron chi connectivity index (χ4n) is 3.27. The molecule has 8 heteroatoms. The average molecular weight is 430 g/mol. The van der Waals surface area contributed by atoms with E-state index in [0.717, 1.165) is 28.8 Å². The predicted octanol–water partition coefficient (Wildman–Crippen LogP) is 3.79. The van der Waals surface area contributed by atoms with Crippen LogP contribution in [-0.4, -0.2) is 38.4 Å². The lowest BCUT2D eigenvalue weighted by Crippen LogP contribution is -2.36. The van der Waals surface area contributed by atoms with Gasteiger partial charge in [0.05, 0.1) is 25.1 Å². The van der Waals surface area contributed by atoms with Gasteiger partial charge in [0.15, 0.2) is 0 Å². The number of carbonyl (C=O) groups excluding carboxylic acids is 1. The largest absolute Gasteiger partial charge is 0.497 e. The highest BCUT2D eigenvalue weighted by Crippen LogP contribution is 2.37. The maximum Gasteiger partial charge on any atom is 0.248 e. The highest BCUT2D eigenvalue weighted by Gasteiger charge is 2.38. The summed E-state index contributed by atoms with van der Waals surface area (Å²) in [7, 11) is -1.73. The maximum atomic E-state index is 13.1. The van der Waals surface area contributed by atoms with Crippen molar-refractivity contribution in [3.05, 3.63) is 59.7 Å². The molecule has 0 fully saturated rings. The van der Waals surface area contributed by atoms with Gasteiger partial charge < -0.3 is 4.74 Å². The van der Waals surface area contributed by atoms with Crippen LogP contribution in [0.1, 0.15) is 44.4 Å². The van der Waals surface area contributed by atoms with Crippen LogP contribution in [0.25, 0.3) is 0 Å². The Morgan fingerprint density at radius 1 is 1.17 bits per heavy atom. The number of anilines is 1. The van der Waals surface area contributed by atoms with Crippen molar-refractivity contribution in [2.75, 3.05) is 18.1 Å². The zero-order chi connectivity index (χ0) is 22.1. The smallest absolute Gasteiger partial charge is 0.248 e. The van der Waals surface area contributed by atoms with Gasteiger partial charge in [-0.3, -0.25) is 9.52 Å². The van der Waals surface area contributed by atoms with Crippen LogP contribution in [0.3, 0.4) is 0 Å². The van der Waals surface area contributed by atoms with E-state index in [4.69, 9.17) is 4.74 Å². The Morgan fingerprint density at radius 3 is 2.40 bits per heavy atom. The lowest BCUT2D eigenvalue weighted by Gasteiger charge is -2.28. The summed E-state index contributed by atoms with van der Waals surface area (Å²) in [5.41, 5.74) is 2.45. The monoisotopic (exact) mass is 429 g/mol. The molecule has 1 amide bonds. The highest BCUT2D eigenvalue weighted by atomic mass is 32.2. The number of nitrogens with zero attached hydrogens (tertiary/aromatic N) is 2. The number of carbonyl (C=O) groups is 1. The summed E-state index contributed by atoms with van der Waals surface area (Å²) >= 11 is 0. The van der Waals surface area contributed by atoms with Crippen molar-refractivity contribution in [2.24, 2.45) is 10.5 Å². The van der Waals surface area contributed by atoms with Gasteiger partial charge in [0.2, 0.25) is 15.9 Å². The number of amides is 1. The Morgan fingerprint density at radius 2 is 1.83 bits per heavy atom. The van der Waals surface area contributed by atoms with Crippen molar-refractivity contribution in [2.45, 2.75) is 33.2 Å². The van der Waals surface area contributed by atoms with Gasteiger partial charge in [-0.05, 0) is 35.4 Å². The number of benzene rings is 2. The third-order valence-corrected chi connectivity index (χ3v) is 5.37. The van der Waals surface area contributed by atoms with E-state index in [9.17, 15) is 13.2 Å². The third-order valence-electron chi connectivity index (χ3n) is 4.76. The summed E-state index contributed by atoms with van der Waals surface area (Å²) < 4.78 is 30.6. The zero-order valence-corrected chi connectivity index (χ0v) is 18.7. The molecule has 1 heterocycles. The first kappa shape index (κ1) is 21.8. The van der Waals surface area contributed by atoms with E-state index >= 15 is 0 Å². The molecule has 3 rings (SSSR count). The minimum atomic E-state index is -3.34. The van der Waals surface area contributed by atoms with Crippen molar-refractivity contribution < 1.29 is 17.9 Å². The molecule has 1 aliphatic heterocycles. The molecular formula is C22H27N3O4S. The summed E-state index contributed by atoms with van der Waals surface area (Å²) in [5, 5.41) is 6.23. The molecule has 1 atom stereocenters. The molecule has 0 saturated heterocycles. The molecule has 0 bridgehead atoms. The fraction of sp³-hybridized carbons (Fsp3) is 0.364. The van der Waals surface area contributed by atoms with Crippen LogP contribution >= 0.6 is 0 Å². The van der Waals surface area contributed by atoms with Crippen LogP contribution in [0.4, 0.5) is 5.69 Å². The molecule has 0 radical (unpaired) electrons. The van der Waals surface area contributed by atoms with E-state index in [2.05, 4.69) is 9.82 Å². The van der Waals surface area contributed by atoms with Crippen LogP contribution in [0, 0.1) is 5.41 Å². The van der Waals surface area contributed by atoms with Gasteiger partial charge in [0.25, 0.3) is 0 Å². The first-order valence-electron chi connectivity index (χ1n) is 9.61. The van der Waals surface area contributed by atoms with Gasteiger partial charge in [0, 0.05) is 17.5 Å². The molecule has 0 aliphatic carbocycles. The van der Waals surface area contributed by atoms with Gasteiger partial charge in [-0.2, -0.15) is 5.10 Å². The van der Waals surface area contributed by atoms with Crippen LogP contribution in [0.2, 0.25) is 0 Å². The van der Waals surface area contributed by atoms with Crippen molar-refractivity contribution >= 4 is 27.3 Å². The maximum absolute atomic E-state index is 13.1. The molecule has 1 N–H and O–H groups in total. The van der Waals surface area contributed by atoms with Gasteiger partial charge >= 0.3 is 0 Å². The molecule has 0 aromatic heterocycles. The standard InChI is InChI=1S/C22H27N3O4S/c1-22(2,3)21(26)25-20(16-7-6-8-18(13-16)29-4)14-19(23-25)15-9-11-17(12-10-15)24-30(5,27)28/h6-13,20,24H,14H2,1-5H3. The number of sulfonamides is 1. The van der Waals surface area contributed by atoms with E-state index in [0.29, 0.717) is 12.1 Å². The van der Waals surface area contributed by atoms with E-state index in [-0.39, 0.29) is 11.9 Å². The van der Waals surface area contributed by atoms with Crippen LogP contribution in [0.5, 0.6) is 5.75 Å². The molecule has 30 heavy (non-hydrogen) atoms. The predicted molar refractivity (Wildman–Crippen MR) is 118 cm³/mol. The quantitative estimate of drug-likeness (QED) is 0.783. The molecule has 2 aromatic carbocycles. The van der Waals surface area contributed by atoms with E-state index in [1.807, 2.05) is 45.0 Å². The Labute approximate surface area is 177 Å². The molecule has 0 spiro atoms. The topological polar surface area (TPSA) is 88.1 Å². The van der Waals surface area contributed by atoms with Gasteiger partial charge in [-0.15, -0.1) is 0 Å². The van der Waals surface area contributed by atoms with Crippen LogP contribution in [0.15, 0.2) is 53.6 Å². The number of hydrazone groups is 1. The zero-order valence-electron chi connectivity index (χ0n) is 17.8. The summed E-state index contributed by atoms with van der Waals surface area (Å²) in [4.78, 5) is 13.1.